The molecule has 3 heterocycles. The minimum absolute atomic E-state index is 0.129. The molecule has 1 N–H and O–H groups in total. The van der Waals surface area contributed by atoms with Gasteiger partial charge in [0.25, 0.3) is 5.91 Å². The monoisotopic (exact) mass is 484 g/mol. The summed E-state index contributed by atoms with van der Waals surface area (Å²) in [5.74, 6) is 0.975. The Balaban J connectivity index is 1.39. The first kappa shape index (κ1) is 23.1. The minimum Gasteiger partial charge on any atom is -0.375 e. The number of piperidine rings is 1. The zero-order valence-electron chi connectivity index (χ0n) is 19.8. The van der Waals surface area contributed by atoms with Crippen molar-refractivity contribution < 1.29 is 17.9 Å². The highest BCUT2D eigenvalue weighted by Crippen LogP contribution is 2.54. The molecule has 3 fully saturated rings. The number of morpholine rings is 1. The normalized spacial score (nSPS) is 22.0. The molecule has 3 aliphatic rings. The fraction of sp³-hybridized carbons (Fsp3) is 0.520. The van der Waals surface area contributed by atoms with Gasteiger partial charge in [0.05, 0.1) is 28.9 Å². The van der Waals surface area contributed by atoms with E-state index in [4.69, 9.17) is 4.74 Å². The number of ether oxygens (including phenoxy) is 1. The molecule has 34 heavy (non-hydrogen) atoms. The quantitative estimate of drug-likeness (QED) is 0.696. The Morgan fingerprint density at radius 2 is 1.85 bits per heavy atom. The van der Waals surface area contributed by atoms with Crippen LogP contribution < -0.4 is 15.1 Å². The van der Waals surface area contributed by atoms with E-state index in [0.29, 0.717) is 29.1 Å². The van der Waals surface area contributed by atoms with Crippen LogP contribution in [0.4, 0.5) is 17.3 Å². The number of sulfone groups is 1. The van der Waals surface area contributed by atoms with E-state index in [2.05, 4.69) is 20.1 Å². The maximum absolute atomic E-state index is 13.4. The molecule has 1 spiro atoms. The molecule has 1 aliphatic carbocycles. The van der Waals surface area contributed by atoms with E-state index in [1.165, 1.54) is 25.2 Å². The minimum atomic E-state index is -3.38. The van der Waals surface area contributed by atoms with Gasteiger partial charge in [0.2, 0.25) is 0 Å². The fourth-order valence-corrected chi connectivity index (χ4v) is 5.61. The number of benzene rings is 1. The molecule has 2 aromatic rings. The molecule has 5 rings (SSSR count). The van der Waals surface area contributed by atoms with Gasteiger partial charge in [-0.15, -0.1) is 0 Å². The summed E-state index contributed by atoms with van der Waals surface area (Å²) in [5, 5.41) is 2.93. The lowest BCUT2D eigenvalue weighted by atomic mass is 9.93. The van der Waals surface area contributed by atoms with E-state index in [-0.39, 0.29) is 16.9 Å². The molecule has 2 aliphatic heterocycles. The molecule has 1 saturated carbocycles. The Morgan fingerprint density at radius 3 is 2.53 bits per heavy atom. The second-order valence-corrected chi connectivity index (χ2v) is 11.9. The third kappa shape index (κ3) is 4.90. The average Bonchev–Trinajstić information content (AvgIpc) is 3.57. The number of anilines is 3. The number of rotatable bonds is 5. The third-order valence-electron chi connectivity index (χ3n) is 7.30. The van der Waals surface area contributed by atoms with Crippen molar-refractivity contribution in [3.05, 3.63) is 42.0 Å². The molecule has 9 heteroatoms. The predicted molar refractivity (Wildman–Crippen MR) is 132 cm³/mol. The van der Waals surface area contributed by atoms with Gasteiger partial charge in [-0.1, -0.05) is 6.07 Å². The van der Waals surface area contributed by atoms with E-state index in [0.717, 1.165) is 44.8 Å². The van der Waals surface area contributed by atoms with Crippen molar-refractivity contribution in [2.24, 2.45) is 5.41 Å². The summed E-state index contributed by atoms with van der Waals surface area (Å²) in [7, 11) is -3.38. The molecular formula is C25H32N4O4S. The number of aromatic nitrogens is 1. The van der Waals surface area contributed by atoms with Gasteiger partial charge in [-0.05, 0) is 68.4 Å². The summed E-state index contributed by atoms with van der Waals surface area (Å²) in [6, 6.07) is 10.4. The van der Waals surface area contributed by atoms with Crippen LogP contribution in [-0.2, 0) is 14.6 Å². The lowest BCUT2D eigenvalue weighted by molar-refractivity contribution is 0.0529. The van der Waals surface area contributed by atoms with Gasteiger partial charge >= 0.3 is 0 Å². The Morgan fingerprint density at radius 1 is 1.09 bits per heavy atom. The molecular weight excluding hydrogens is 452 g/mol. The lowest BCUT2D eigenvalue weighted by Crippen LogP contribution is -2.41. The molecule has 2 saturated heterocycles. The van der Waals surface area contributed by atoms with Crippen LogP contribution in [0.3, 0.4) is 0 Å². The number of pyridine rings is 1. The largest absolute Gasteiger partial charge is 0.375 e. The first-order chi connectivity index (χ1) is 16.2. The van der Waals surface area contributed by atoms with Crippen LogP contribution in [0.2, 0.25) is 0 Å². The van der Waals surface area contributed by atoms with E-state index < -0.39 is 9.84 Å². The Bertz CT molecular complexity index is 1190. The van der Waals surface area contributed by atoms with Gasteiger partial charge in [0.15, 0.2) is 9.84 Å². The zero-order valence-corrected chi connectivity index (χ0v) is 20.6. The van der Waals surface area contributed by atoms with Crippen molar-refractivity contribution in [2.75, 3.05) is 54.2 Å². The van der Waals surface area contributed by atoms with Gasteiger partial charge in [-0.3, -0.25) is 4.79 Å². The molecule has 1 amide bonds. The van der Waals surface area contributed by atoms with Crippen molar-refractivity contribution in [3.63, 3.8) is 0 Å². The van der Waals surface area contributed by atoms with Crippen molar-refractivity contribution in [1.29, 1.82) is 0 Å². The molecule has 1 atom stereocenters. The highest BCUT2D eigenvalue weighted by molar-refractivity contribution is 7.90. The molecule has 8 nitrogen and oxygen atoms in total. The first-order valence-corrected chi connectivity index (χ1v) is 13.9. The number of hydrogen-bond donors (Lipinski definition) is 1. The van der Waals surface area contributed by atoms with Crippen LogP contribution in [0.25, 0.3) is 0 Å². The van der Waals surface area contributed by atoms with Crippen molar-refractivity contribution >= 4 is 33.1 Å². The Hall–Kier alpha value is -2.65. The lowest BCUT2D eigenvalue weighted by Gasteiger charge is -2.35. The topological polar surface area (TPSA) is 91.8 Å². The Kier molecular flexibility index (Phi) is 6.02. The van der Waals surface area contributed by atoms with Gasteiger partial charge in [-0.2, -0.15) is 0 Å². The van der Waals surface area contributed by atoms with Gasteiger partial charge < -0.3 is 19.9 Å². The van der Waals surface area contributed by atoms with Crippen LogP contribution in [0, 0.1) is 5.41 Å². The summed E-state index contributed by atoms with van der Waals surface area (Å²) in [6.45, 7) is 5.84. The highest BCUT2D eigenvalue weighted by atomic mass is 32.2. The van der Waals surface area contributed by atoms with Crippen molar-refractivity contribution in [1.82, 2.24) is 4.98 Å². The summed E-state index contributed by atoms with van der Waals surface area (Å²) in [6.07, 6.45) is 6.05. The SMILES string of the molecule is CC1CN(c2cccc(NC(=O)c3ccc(S(C)(=O)=O)cc3N3CCC4(CC3)CC4)n2)CCO1. The molecule has 0 radical (unpaired) electrons. The summed E-state index contributed by atoms with van der Waals surface area (Å²) in [5.41, 5.74) is 1.62. The number of carbonyl (C=O) groups excluding carboxylic acids is 1. The van der Waals surface area contributed by atoms with Gasteiger partial charge in [0.1, 0.15) is 11.6 Å². The molecule has 1 aromatic carbocycles. The summed E-state index contributed by atoms with van der Waals surface area (Å²) < 4.78 is 30.1. The smallest absolute Gasteiger partial charge is 0.258 e. The highest BCUT2D eigenvalue weighted by Gasteiger charge is 2.44. The molecule has 1 unspecified atom stereocenters. The maximum Gasteiger partial charge on any atom is 0.258 e. The second kappa shape index (κ2) is 8.85. The zero-order chi connectivity index (χ0) is 23.9. The van der Waals surface area contributed by atoms with Crippen LogP contribution in [0.15, 0.2) is 41.3 Å². The van der Waals surface area contributed by atoms with Crippen LogP contribution in [0.5, 0.6) is 0 Å². The third-order valence-corrected chi connectivity index (χ3v) is 8.42. The van der Waals surface area contributed by atoms with E-state index >= 15 is 0 Å². The standard InChI is InChI=1S/C25H32N4O4S/c1-18-17-29(14-15-33-18)23-5-3-4-22(26-23)27-24(30)20-7-6-19(34(2,31)32)16-21(20)28-12-10-25(8-9-25)11-13-28/h3-7,16,18H,8-15,17H2,1-2H3,(H,26,27,30). The first-order valence-electron chi connectivity index (χ1n) is 12.0. The maximum atomic E-state index is 13.4. The molecule has 0 bridgehead atoms. The van der Waals surface area contributed by atoms with Crippen LogP contribution in [0.1, 0.15) is 43.0 Å². The van der Waals surface area contributed by atoms with Gasteiger partial charge in [-0.25, -0.2) is 13.4 Å². The second-order valence-electron chi connectivity index (χ2n) is 9.90. The molecule has 182 valence electrons. The van der Waals surface area contributed by atoms with Crippen molar-refractivity contribution in [3.8, 4) is 0 Å². The number of amides is 1. The number of nitrogens with one attached hydrogen (secondary N) is 1. The number of carbonyl (C=O) groups is 1. The van der Waals surface area contributed by atoms with Crippen molar-refractivity contribution in [2.45, 2.75) is 43.6 Å². The number of hydrogen-bond acceptors (Lipinski definition) is 7. The Labute approximate surface area is 201 Å². The van der Waals surface area contributed by atoms with E-state index in [1.54, 1.807) is 18.2 Å². The van der Waals surface area contributed by atoms with E-state index in [9.17, 15) is 13.2 Å². The summed E-state index contributed by atoms with van der Waals surface area (Å²) in [4.78, 5) is 22.5. The van der Waals surface area contributed by atoms with Crippen LogP contribution in [-0.4, -0.2) is 64.5 Å². The van der Waals surface area contributed by atoms with Crippen LogP contribution >= 0.6 is 0 Å². The fourth-order valence-electron chi connectivity index (χ4n) is 4.97. The van der Waals surface area contributed by atoms with Gasteiger partial charge in [0, 0.05) is 32.4 Å². The number of nitrogens with zero attached hydrogens (tertiary/aromatic N) is 3. The predicted octanol–water partition coefficient (Wildman–Crippen LogP) is 3.34. The van der Waals surface area contributed by atoms with E-state index in [1.807, 2.05) is 19.1 Å². The average molecular weight is 485 g/mol. The summed E-state index contributed by atoms with van der Waals surface area (Å²) >= 11 is 0. The molecule has 1 aromatic heterocycles.